The normalized spacial score (nSPS) is 15.7. The SMILES string of the molecule is COC(=O)c1ccc2c(c1)N(c1cccc([N+](=O)[O-])c1)C(C=O)CO2. The Morgan fingerprint density at radius 3 is 2.84 bits per heavy atom. The number of rotatable bonds is 4. The molecule has 1 aliphatic rings. The number of ether oxygens (including phenoxy) is 2. The van der Waals surface area contributed by atoms with Crippen LogP contribution < -0.4 is 9.64 Å². The summed E-state index contributed by atoms with van der Waals surface area (Å²) in [7, 11) is 1.27. The van der Waals surface area contributed by atoms with Gasteiger partial charge in [0.2, 0.25) is 0 Å². The van der Waals surface area contributed by atoms with Crippen LogP contribution in [0.25, 0.3) is 0 Å². The third kappa shape index (κ3) is 3.01. The predicted octanol–water partition coefficient (Wildman–Crippen LogP) is 2.48. The molecule has 0 spiro atoms. The number of carbonyl (C=O) groups is 2. The molecule has 0 saturated carbocycles. The molecular formula is C17H14N2O6. The molecule has 1 heterocycles. The summed E-state index contributed by atoms with van der Waals surface area (Å²) < 4.78 is 10.3. The van der Waals surface area contributed by atoms with Gasteiger partial charge < -0.3 is 19.2 Å². The van der Waals surface area contributed by atoms with Crippen molar-refractivity contribution in [3.05, 3.63) is 58.1 Å². The van der Waals surface area contributed by atoms with Crippen molar-refractivity contribution in [2.24, 2.45) is 0 Å². The van der Waals surface area contributed by atoms with Crippen molar-refractivity contribution < 1.29 is 24.0 Å². The number of fused-ring (bicyclic) bond motifs is 1. The minimum atomic E-state index is -0.678. The van der Waals surface area contributed by atoms with E-state index in [0.717, 1.165) is 0 Å². The fourth-order valence-electron chi connectivity index (χ4n) is 2.69. The standard InChI is InChI=1S/C17H14N2O6/c1-24-17(21)11-5-6-16-15(7-11)18(14(9-20)10-25-16)12-3-2-4-13(8-12)19(22)23/h2-9,14H,10H2,1H3. The van der Waals surface area contributed by atoms with Crippen LogP contribution in [0.5, 0.6) is 5.75 Å². The number of methoxy groups -OCH3 is 1. The van der Waals surface area contributed by atoms with Crippen LogP contribution in [0.2, 0.25) is 0 Å². The zero-order valence-corrected chi connectivity index (χ0v) is 13.2. The maximum absolute atomic E-state index is 11.8. The summed E-state index contributed by atoms with van der Waals surface area (Å²) in [5.74, 6) is -0.0627. The molecular weight excluding hydrogens is 328 g/mol. The lowest BCUT2D eigenvalue weighted by Crippen LogP contribution is -2.41. The highest BCUT2D eigenvalue weighted by Gasteiger charge is 2.30. The first-order chi connectivity index (χ1) is 12.0. The van der Waals surface area contributed by atoms with E-state index < -0.39 is 16.9 Å². The molecule has 2 aromatic rings. The Morgan fingerprint density at radius 1 is 1.36 bits per heavy atom. The number of nitro groups is 1. The van der Waals surface area contributed by atoms with E-state index in [4.69, 9.17) is 9.47 Å². The summed E-state index contributed by atoms with van der Waals surface area (Å²) in [5, 5.41) is 11.0. The van der Waals surface area contributed by atoms with Crippen molar-refractivity contribution in [2.45, 2.75) is 6.04 Å². The quantitative estimate of drug-likeness (QED) is 0.364. The third-order valence-electron chi connectivity index (χ3n) is 3.86. The zero-order valence-electron chi connectivity index (χ0n) is 13.2. The van der Waals surface area contributed by atoms with Gasteiger partial charge in [0, 0.05) is 17.8 Å². The van der Waals surface area contributed by atoms with E-state index in [1.165, 1.54) is 31.4 Å². The molecule has 0 bridgehead atoms. The summed E-state index contributed by atoms with van der Waals surface area (Å²) >= 11 is 0. The minimum absolute atomic E-state index is 0.0940. The second kappa shape index (κ2) is 6.60. The average molecular weight is 342 g/mol. The van der Waals surface area contributed by atoms with Crippen LogP contribution in [0.4, 0.5) is 17.1 Å². The Balaban J connectivity index is 2.14. The molecule has 1 aliphatic heterocycles. The van der Waals surface area contributed by atoms with E-state index in [0.29, 0.717) is 23.4 Å². The number of aldehydes is 1. The molecule has 1 unspecified atom stereocenters. The molecule has 25 heavy (non-hydrogen) atoms. The molecule has 8 nitrogen and oxygen atoms in total. The smallest absolute Gasteiger partial charge is 0.337 e. The Hall–Kier alpha value is -3.42. The zero-order chi connectivity index (χ0) is 18.0. The molecule has 2 aromatic carbocycles. The van der Waals surface area contributed by atoms with Gasteiger partial charge in [-0.3, -0.25) is 10.1 Å². The maximum Gasteiger partial charge on any atom is 0.337 e. The number of hydrogen-bond donors (Lipinski definition) is 0. The van der Waals surface area contributed by atoms with Crippen molar-refractivity contribution in [2.75, 3.05) is 18.6 Å². The van der Waals surface area contributed by atoms with E-state index in [2.05, 4.69) is 0 Å². The van der Waals surface area contributed by atoms with Crippen molar-refractivity contribution in [1.29, 1.82) is 0 Å². The first-order valence-electron chi connectivity index (χ1n) is 7.39. The highest BCUT2D eigenvalue weighted by Crippen LogP contribution is 2.40. The van der Waals surface area contributed by atoms with Gasteiger partial charge in [0.1, 0.15) is 24.7 Å². The minimum Gasteiger partial charge on any atom is -0.489 e. The second-order valence-corrected chi connectivity index (χ2v) is 5.34. The summed E-state index contributed by atoms with van der Waals surface area (Å²) in [5.41, 5.74) is 1.11. The van der Waals surface area contributed by atoms with Crippen LogP contribution in [0, 0.1) is 10.1 Å². The van der Waals surface area contributed by atoms with Crippen LogP contribution in [-0.2, 0) is 9.53 Å². The molecule has 0 fully saturated rings. The largest absolute Gasteiger partial charge is 0.489 e. The summed E-state index contributed by atoms with van der Waals surface area (Å²) in [6.45, 7) is 0.0940. The van der Waals surface area contributed by atoms with Gasteiger partial charge in [0.25, 0.3) is 5.69 Å². The Labute approximate surface area is 142 Å². The van der Waals surface area contributed by atoms with Crippen LogP contribution >= 0.6 is 0 Å². The highest BCUT2D eigenvalue weighted by molar-refractivity contribution is 5.92. The maximum atomic E-state index is 11.8. The topological polar surface area (TPSA) is 99.0 Å². The van der Waals surface area contributed by atoms with Crippen LogP contribution in [0.3, 0.4) is 0 Å². The van der Waals surface area contributed by atoms with E-state index in [1.807, 2.05) is 0 Å². The van der Waals surface area contributed by atoms with Gasteiger partial charge >= 0.3 is 5.97 Å². The third-order valence-corrected chi connectivity index (χ3v) is 3.86. The van der Waals surface area contributed by atoms with Crippen molar-refractivity contribution >= 4 is 29.3 Å². The molecule has 128 valence electrons. The van der Waals surface area contributed by atoms with Gasteiger partial charge in [-0.25, -0.2) is 4.79 Å². The summed E-state index contributed by atoms with van der Waals surface area (Å²) in [4.78, 5) is 35.5. The molecule has 0 amide bonds. The van der Waals surface area contributed by atoms with Gasteiger partial charge in [-0.2, -0.15) is 0 Å². The lowest BCUT2D eigenvalue weighted by Gasteiger charge is -2.35. The highest BCUT2D eigenvalue weighted by atomic mass is 16.6. The Bertz CT molecular complexity index is 851. The number of nitro benzene ring substituents is 1. The lowest BCUT2D eigenvalue weighted by molar-refractivity contribution is -0.384. The molecule has 0 saturated heterocycles. The Morgan fingerprint density at radius 2 is 2.16 bits per heavy atom. The van der Waals surface area contributed by atoms with E-state index in [9.17, 15) is 19.7 Å². The number of nitrogens with zero attached hydrogens (tertiary/aromatic N) is 2. The van der Waals surface area contributed by atoms with Crippen molar-refractivity contribution in [3.63, 3.8) is 0 Å². The number of esters is 1. The number of benzene rings is 2. The van der Waals surface area contributed by atoms with Gasteiger partial charge in [0.15, 0.2) is 0 Å². The first kappa shape index (κ1) is 16.4. The number of anilines is 2. The number of non-ortho nitro benzene ring substituents is 1. The van der Waals surface area contributed by atoms with Gasteiger partial charge in [-0.1, -0.05) is 6.07 Å². The lowest BCUT2D eigenvalue weighted by atomic mass is 10.1. The fourth-order valence-corrected chi connectivity index (χ4v) is 2.69. The van der Waals surface area contributed by atoms with Gasteiger partial charge in [-0.15, -0.1) is 0 Å². The van der Waals surface area contributed by atoms with Crippen molar-refractivity contribution in [1.82, 2.24) is 0 Å². The number of carbonyl (C=O) groups excluding carboxylic acids is 2. The van der Waals surface area contributed by atoms with Gasteiger partial charge in [-0.05, 0) is 24.3 Å². The molecule has 0 aliphatic carbocycles. The molecule has 3 rings (SSSR count). The summed E-state index contributed by atoms with van der Waals surface area (Å²) in [6, 6.07) is 9.95. The van der Waals surface area contributed by atoms with Crippen LogP contribution in [0.15, 0.2) is 42.5 Å². The van der Waals surface area contributed by atoms with E-state index in [1.54, 1.807) is 23.1 Å². The fraction of sp³-hybridized carbons (Fsp3) is 0.176. The van der Waals surface area contributed by atoms with Crippen LogP contribution in [-0.4, -0.2) is 36.9 Å². The Kier molecular flexibility index (Phi) is 4.34. The molecule has 8 heteroatoms. The van der Waals surface area contributed by atoms with Crippen molar-refractivity contribution in [3.8, 4) is 5.75 Å². The second-order valence-electron chi connectivity index (χ2n) is 5.34. The molecule has 0 radical (unpaired) electrons. The number of hydrogen-bond acceptors (Lipinski definition) is 7. The van der Waals surface area contributed by atoms with Crippen LogP contribution in [0.1, 0.15) is 10.4 Å². The predicted molar refractivity (Wildman–Crippen MR) is 88.4 cm³/mol. The first-order valence-corrected chi connectivity index (χ1v) is 7.39. The monoisotopic (exact) mass is 342 g/mol. The molecule has 0 aromatic heterocycles. The molecule has 0 N–H and O–H groups in total. The van der Waals surface area contributed by atoms with Gasteiger partial charge in [0.05, 0.1) is 23.3 Å². The average Bonchev–Trinajstić information content (AvgIpc) is 2.65. The molecule has 1 atom stereocenters. The van der Waals surface area contributed by atoms with E-state index in [-0.39, 0.29) is 17.9 Å². The van der Waals surface area contributed by atoms with E-state index >= 15 is 0 Å². The summed E-state index contributed by atoms with van der Waals surface area (Å²) in [6.07, 6.45) is 0.701.